The maximum Gasteiger partial charge on any atom is 0.251 e. The molecule has 2 fully saturated rings. The quantitative estimate of drug-likeness (QED) is 0.330. The van der Waals surface area contributed by atoms with Crippen molar-refractivity contribution in [2.45, 2.75) is 63.7 Å². The first kappa shape index (κ1) is 29.9. The minimum atomic E-state index is -1.18. The summed E-state index contributed by atoms with van der Waals surface area (Å²) in [6.45, 7) is 7.11. The number of benzene rings is 2. The topological polar surface area (TPSA) is 73.5 Å². The van der Waals surface area contributed by atoms with E-state index < -0.39 is 12.2 Å². The average Bonchev–Trinajstić information content (AvgIpc) is 3.80. The summed E-state index contributed by atoms with van der Waals surface area (Å²) >= 11 is 0. The molecular weight excluding hydrogens is 558 g/mol. The van der Waals surface area contributed by atoms with Crippen molar-refractivity contribution in [1.82, 2.24) is 15.5 Å². The van der Waals surface area contributed by atoms with Gasteiger partial charge in [-0.15, -0.1) is 0 Å². The normalized spacial score (nSPS) is 21.5. The number of likely N-dealkylation sites (tertiary alicyclic amines) is 1. The van der Waals surface area contributed by atoms with E-state index in [0.29, 0.717) is 23.6 Å². The molecule has 1 unspecified atom stereocenters. The Kier molecular flexibility index (Phi) is 8.69. The summed E-state index contributed by atoms with van der Waals surface area (Å²) < 4.78 is 28.4. The van der Waals surface area contributed by atoms with Gasteiger partial charge in [0.15, 0.2) is 0 Å². The standard InChI is InChI=1S/C36H40F2N4O2/c1-22(20-40-35(43)26-10-9-25-13-14-30(37)17-27(25)12-11-26)42-21-31(38)18-34(42)36(44)41-23(2)32-19-33-29(4-3-15-39-33)16-28(32)8-7-24-5-6-24/h7-8,10-14,16-17,19,23-24,31,34,39H,1,3-6,9,15,18,20-21H2,2H3,(H,40,43)(H,41,44)/b8-7+/t23-,31+,34?/m0/s1. The van der Waals surface area contributed by atoms with Crippen molar-refractivity contribution >= 4 is 29.7 Å². The third-order valence-corrected chi connectivity index (χ3v) is 9.01. The molecule has 44 heavy (non-hydrogen) atoms. The van der Waals surface area contributed by atoms with Gasteiger partial charge in [-0.05, 0) is 103 Å². The summed E-state index contributed by atoms with van der Waals surface area (Å²) in [6, 6.07) is 7.95. The van der Waals surface area contributed by atoms with E-state index in [4.69, 9.17) is 0 Å². The fraction of sp³-hybridized carbons (Fsp3) is 0.389. The number of aryl methyl sites for hydroxylation is 1. The number of alkyl halides is 1. The zero-order valence-electron chi connectivity index (χ0n) is 25.2. The number of anilines is 1. The minimum Gasteiger partial charge on any atom is -0.385 e. The van der Waals surface area contributed by atoms with Crippen LogP contribution >= 0.6 is 0 Å². The molecule has 230 valence electrons. The lowest BCUT2D eigenvalue weighted by Gasteiger charge is -2.29. The minimum absolute atomic E-state index is 0.0444. The van der Waals surface area contributed by atoms with Gasteiger partial charge in [0.1, 0.15) is 18.0 Å². The number of amides is 2. The van der Waals surface area contributed by atoms with Crippen LogP contribution in [-0.4, -0.2) is 48.6 Å². The number of hydrogen-bond donors (Lipinski definition) is 3. The number of hydrogen-bond acceptors (Lipinski definition) is 4. The molecule has 2 amide bonds. The molecule has 1 saturated carbocycles. The van der Waals surface area contributed by atoms with Gasteiger partial charge in [-0.2, -0.15) is 0 Å². The molecule has 8 heteroatoms. The molecule has 2 aromatic rings. The third-order valence-electron chi connectivity index (χ3n) is 9.01. The molecule has 0 radical (unpaired) electrons. The molecule has 2 aliphatic carbocycles. The lowest BCUT2D eigenvalue weighted by Crippen LogP contribution is -2.45. The zero-order chi connectivity index (χ0) is 30.8. The smallest absolute Gasteiger partial charge is 0.251 e. The van der Waals surface area contributed by atoms with Gasteiger partial charge in [0.05, 0.1) is 12.6 Å². The number of carbonyl (C=O) groups is 2. The average molecular weight is 599 g/mol. The summed E-state index contributed by atoms with van der Waals surface area (Å²) in [5.41, 5.74) is 7.15. The van der Waals surface area contributed by atoms with Crippen molar-refractivity contribution in [1.29, 1.82) is 0 Å². The number of nitrogens with zero attached hydrogens (tertiary/aromatic N) is 1. The molecule has 6 nitrogen and oxygen atoms in total. The van der Waals surface area contributed by atoms with Gasteiger partial charge in [-0.3, -0.25) is 9.59 Å². The van der Waals surface area contributed by atoms with E-state index >= 15 is 0 Å². The van der Waals surface area contributed by atoms with Crippen LogP contribution in [0.5, 0.6) is 0 Å². The van der Waals surface area contributed by atoms with E-state index in [-0.39, 0.29) is 43.2 Å². The summed E-state index contributed by atoms with van der Waals surface area (Å²) in [5, 5.41) is 9.50. The van der Waals surface area contributed by atoms with E-state index in [2.05, 4.69) is 46.8 Å². The van der Waals surface area contributed by atoms with Gasteiger partial charge in [-0.25, -0.2) is 8.78 Å². The highest BCUT2D eigenvalue weighted by Crippen LogP contribution is 2.34. The molecule has 4 aliphatic rings. The van der Waals surface area contributed by atoms with Gasteiger partial charge in [-0.1, -0.05) is 36.9 Å². The first-order valence-corrected chi connectivity index (χ1v) is 15.7. The SMILES string of the molecule is C=C(CNC(=O)C1=CCc2ccc(F)cc2C=C1)N1C[C@H](F)CC1C(=O)N[C@@H](C)c1cc2c(cc1/C=C/C1CC1)CCCN2. The van der Waals surface area contributed by atoms with Crippen LogP contribution in [0, 0.1) is 11.7 Å². The van der Waals surface area contributed by atoms with Crippen molar-refractivity contribution in [2.24, 2.45) is 5.92 Å². The van der Waals surface area contributed by atoms with Crippen LogP contribution in [0.2, 0.25) is 0 Å². The largest absolute Gasteiger partial charge is 0.385 e. The number of rotatable bonds is 9. The Balaban J connectivity index is 1.10. The van der Waals surface area contributed by atoms with Crippen LogP contribution in [0.25, 0.3) is 12.2 Å². The molecule has 6 rings (SSSR count). The second-order valence-electron chi connectivity index (χ2n) is 12.4. The monoisotopic (exact) mass is 598 g/mol. The number of carbonyl (C=O) groups excluding carboxylic acids is 2. The van der Waals surface area contributed by atoms with Crippen molar-refractivity contribution in [3.05, 3.63) is 100 Å². The molecule has 3 atom stereocenters. The Bertz CT molecular complexity index is 1560. The number of nitrogens with one attached hydrogen (secondary N) is 3. The maximum absolute atomic E-state index is 14.7. The summed E-state index contributed by atoms with van der Waals surface area (Å²) in [5.74, 6) is -0.257. The second-order valence-corrected chi connectivity index (χ2v) is 12.4. The van der Waals surface area contributed by atoms with Gasteiger partial charge in [0.25, 0.3) is 5.91 Å². The predicted molar refractivity (Wildman–Crippen MR) is 171 cm³/mol. The van der Waals surface area contributed by atoms with Crippen LogP contribution in [-0.2, 0) is 22.4 Å². The molecule has 0 bridgehead atoms. The Morgan fingerprint density at radius 3 is 2.84 bits per heavy atom. The first-order chi connectivity index (χ1) is 21.2. The molecule has 2 heterocycles. The first-order valence-electron chi connectivity index (χ1n) is 15.7. The highest BCUT2D eigenvalue weighted by molar-refractivity contribution is 5.97. The van der Waals surface area contributed by atoms with E-state index in [1.807, 2.05) is 6.92 Å². The Morgan fingerprint density at radius 1 is 1.18 bits per heavy atom. The van der Waals surface area contributed by atoms with Gasteiger partial charge in [0, 0.05) is 36.5 Å². The second kappa shape index (κ2) is 12.8. The van der Waals surface area contributed by atoms with Crippen molar-refractivity contribution in [3.8, 4) is 0 Å². The lowest BCUT2D eigenvalue weighted by atomic mass is 9.93. The van der Waals surface area contributed by atoms with Crippen molar-refractivity contribution < 1.29 is 18.4 Å². The predicted octanol–water partition coefficient (Wildman–Crippen LogP) is 6.02. The van der Waals surface area contributed by atoms with Crippen LogP contribution < -0.4 is 16.0 Å². The Labute approximate surface area is 258 Å². The molecule has 3 N–H and O–H groups in total. The van der Waals surface area contributed by atoms with Crippen LogP contribution in [0.3, 0.4) is 0 Å². The number of fused-ring (bicyclic) bond motifs is 2. The summed E-state index contributed by atoms with van der Waals surface area (Å²) in [6.07, 6.45) is 13.6. The van der Waals surface area contributed by atoms with Gasteiger partial charge in [0.2, 0.25) is 5.91 Å². The Morgan fingerprint density at radius 2 is 2.02 bits per heavy atom. The number of halogens is 2. The van der Waals surface area contributed by atoms with Gasteiger partial charge >= 0.3 is 0 Å². The molecule has 0 aromatic heterocycles. The molecule has 1 saturated heterocycles. The van der Waals surface area contributed by atoms with Gasteiger partial charge < -0.3 is 20.9 Å². The van der Waals surface area contributed by atoms with E-state index in [0.717, 1.165) is 47.3 Å². The van der Waals surface area contributed by atoms with E-state index in [1.165, 1.54) is 30.5 Å². The van der Waals surface area contributed by atoms with Crippen molar-refractivity contribution in [3.63, 3.8) is 0 Å². The summed E-state index contributed by atoms with van der Waals surface area (Å²) in [7, 11) is 0. The van der Waals surface area contributed by atoms with E-state index in [9.17, 15) is 18.4 Å². The van der Waals surface area contributed by atoms with Crippen LogP contribution in [0.1, 0.15) is 66.5 Å². The number of allylic oxidation sites excluding steroid dienone is 2. The third kappa shape index (κ3) is 6.79. The van der Waals surface area contributed by atoms with Crippen LogP contribution in [0.15, 0.2) is 66.4 Å². The van der Waals surface area contributed by atoms with E-state index in [1.54, 1.807) is 29.2 Å². The maximum atomic E-state index is 14.7. The zero-order valence-corrected chi connectivity index (χ0v) is 25.2. The van der Waals surface area contributed by atoms with Crippen molar-refractivity contribution in [2.75, 3.05) is 25.0 Å². The molecule has 2 aliphatic heterocycles. The molecular formula is C36H40F2N4O2. The lowest BCUT2D eigenvalue weighted by molar-refractivity contribution is -0.125. The molecule has 2 aromatic carbocycles. The fourth-order valence-electron chi connectivity index (χ4n) is 6.30. The highest BCUT2D eigenvalue weighted by atomic mass is 19.1. The highest BCUT2D eigenvalue weighted by Gasteiger charge is 2.38. The van der Waals surface area contributed by atoms with Crippen LogP contribution in [0.4, 0.5) is 14.5 Å². The molecule has 0 spiro atoms. The summed E-state index contributed by atoms with van der Waals surface area (Å²) in [4.78, 5) is 28.2. The Hall–Kier alpha value is -4.20. The fourth-order valence-corrected chi connectivity index (χ4v) is 6.30.